The largest absolute Gasteiger partial charge is 0.496 e. The van der Waals surface area contributed by atoms with Gasteiger partial charge in [0.05, 0.1) is 12.7 Å². The highest BCUT2D eigenvalue weighted by atomic mass is 19.1. The molecule has 0 bridgehead atoms. The molecular weight excluding hydrogens is 271 g/mol. The average molecular weight is 288 g/mol. The zero-order chi connectivity index (χ0) is 15.4. The number of benzene rings is 2. The van der Waals surface area contributed by atoms with Crippen molar-refractivity contribution in [3.05, 3.63) is 58.9 Å². The Bertz CT molecular complexity index is 665. The summed E-state index contributed by atoms with van der Waals surface area (Å²) in [5.74, 6) is 0.183. The molecule has 0 fully saturated rings. The highest BCUT2D eigenvalue weighted by Crippen LogP contribution is 2.22. The molecule has 0 atom stereocenters. The zero-order valence-electron chi connectivity index (χ0n) is 12.3. The summed E-state index contributed by atoms with van der Waals surface area (Å²) in [7, 11) is 1.44. The van der Waals surface area contributed by atoms with E-state index in [1.54, 1.807) is 0 Å². The monoisotopic (exact) mass is 288 g/mol. The highest BCUT2D eigenvalue weighted by Gasteiger charge is 2.14. The second-order valence-electron chi connectivity index (χ2n) is 4.83. The van der Waals surface area contributed by atoms with Crippen LogP contribution in [0.3, 0.4) is 0 Å². The van der Waals surface area contributed by atoms with Gasteiger partial charge in [-0.3, -0.25) is 4.79 Å². The standard InChI is InChI=1S/C17H17FO3/c1-11-4-5-12(2)17(8-11)21-10-15(19)14-9-13(18)6-7-16(14)20-3/h4-9H,10H2,1-3H3. The van der Waals surface area contributed by atoms with Crippen LogP contribution >= 0.6 is 0 Å². The minimum Gasteiger partial charge on any atom is -0.496 e. The number of rotatable bonds is 5. The Kier molecular flexibility index (Phi) is 4.58. The number of ether oxygens (including phenoxy) is 2. The van der Waals surface area contributed by atoms with E-state index >= 15 is 0 Å². The summed E-state index contributed by atoms with van der Waals surface area (Å²) >= 11 is 0. The van der Waals surface area contributed by atoms with Gasteiger partial charge >= 0.3 is 0 Å². The number of hydrogen-bond acceptors (Lipinski definition) is 3. The van der Waals surface area contributed by atoms with Crippen LogP contribution in [0, 0.1) is 19.7 Å². The second-order valence-corrected chi connectivity index (χ2v) is 4.83. The normalized spacial score (nSPS) is 10.3. The van der Waals surface area contributed by atoms with Gasteiger partial charge in [0.2, 0.25) is 5.78 Å². The molecule has 0 spiro atoms. The lowest BCUT2D eigenvalue weighted by molar-refractivity contribution is 0.0917. The highest BCUT2D eigenvalue weighted by molar-refractivity contribution is 5.99. The van der Waals surface area contributed by atoms with Gasteiger partial charge in [-0.2, -0.15) is 0 Å². The SMILES string of the molecule is COc1ccc(F)cc1C(=O)COc1cc(C)ccc1C. The Morgan fingerprint density at radius 3 is 2.57 bits per heavy atom. The molecule has 2 rings (SSSR count). The lowest BCUT2D eigenvalue weighted by Crippen LogP contribution is -2.13. The molecule has 0 saturated carbocycles. The third kappa shape index (κ3) is 3.60. The molecule has 0 aliphatic heterocycles. The van der Waals surface area contributed by atoms with Crippen LogP contribution in [-0.2, 0) is 0 Å². The maximum Gasteiger partial charge on any atom is 0.204 e. The first kappa shape index (κ1) is 15.0. The van der Waals surface area contributed by atoms with E-state index in [-0.39, 0.29) is 18.0 Å². The van der Waals surface area contributed by atoms with Crippen molar-refractivity contribution in [3.8, 4) is 11.5 Å². The van der Waals surface area contributed by atoms with Gasteiger partial charge in [0.15, 0.2) is 6.61 Å². The lowest BCUT2D eigenvalue weighted by Gasteiger charge is -2.11. The molecule has 21 heavy (non-hydrogen) atoms. The molecule has 0 aliphatic rings. The van der Waals surface area contributed by atoms with Gasteiger partial charge in [0, 0.05) is 0 Å². The number of aryl methyl sites for hydroxylation is 2. The van der Waals surface area contributed by atoms with E-state index in [1.807, 2.05) is 32.0 Å². The molecule has 0 unspecified atom stereocenters. The smallest absolute Gasteiger partial charge is 0.204 e. The summed E-state index contributed by atoms with van der Waals surface area (Å²) in [5, 5.41) is 0. The fourth-order valence-corrected chi connectivity index (χ4v) is 1.98. The van der Waals surface area contributed by atoms with Crippen molar-refractivity contribution in [2.24, 2.45) is 0 Å². The van der Waals surface area contributed by atoms with Crippen molar-refractivity contribution in [1.82, 2.24) is 0 Å². The van der Waals surface area contributed by atoms with Crippen LogP contribution in [0.5, 0.6) is 11.5 Å². The van der Waals surface area contributed by atoms with Crippen LogP contribution in [0.4, 0.5) is 4.39 Å². The molecule has 2 aromatic rings. The van der Waals surface area contributed by atoms with Crippen molar-refractivity contribution in [2.75, 3.05) is 13.7 Å². The molecule has 0 heterocycles. The molecule has 0 N–H and O–H groups in total. The van der Waals surface area contributed by atoms with E-state index in [1.165, 1.54) is 19.2 Å². The van der Waals surface area contributed by atoms with E-state index in [2.05, 4.69) is 0 Å². The Labute approximate surface area is 123 Å². The Balaban J connectivity index is 2.15. The van der Waals surface area contributed by atoms with Gasteiger partial charge in [-0.1, -0.05) is 12.1 Å². The Morgan fingerprint density at radius 1 is 1.10 bits per heavy atom. The molecule has 0 aliphatic carbocycles. The van der Waals surface area contributed by atoms with Crippen LogP contribution in [-0.4, -0.2) is 19.5 Å². The first-order valence-electron chi connectivity index (χ1n) is 6.58. The van der Waals surface area contributed by atoms with Crippen molar-refractivity contribution in [1.29, 1.82) is 0 Å². The number of Topliss-reactive ketones (excluding diaryl/α,β-unsaturated/α-hetero) is 1. The van der Waals surface area contributed by atoms with Gasteiger partial charge in [0.25, 0.3) is 0 Å². The van der Waals surface area contributed by atoms with E-state index in [4.69, 9.17) is 9.47 Å². The van der Waals surface area contributed by atoms with Gasteiger partial charge in [-0.15, -0.1) is 0 Å². The minimum atomic E-state index is -0.481. The number of hydrogen-bond donors (Lipinski definition) is 0. The topological polar surface area (TPSA) is 35.5 Å². The summed E-state index contributed by atoms with van der Waals surface area (Å²) in [4.78, 5) is 12.2. The van der Waals surface area contributed by atoms with E-state index < -0.39 is 5.82 Å². The zero-order valence-corrected chi connectivity index (χ0v) is 12.3. The number of carbonyl (C=O) groups is 1. The predicted octanol–water partition coefficient (Wildman–Crippen LogP) is 3.71. The van der Waals surface area contributed by atoms with Crippen LogP contribution in [0.25, 0.3) is 0 Å². The van der Waals surface area contributed by atoms with Crippen molar-refractivity contribution >= 4 is 5.78 Å². The summed E-state index contributed by atoms with van der Waals surface area (Å²) < 4.78 is 23.9. The number of methoxy groups -OCH3 is 1. The first-order valence-corrected chi connectivity index (χ1v) is 6.58. The van der Waals surface area contributed by atoms with Gasteiger partial charge < -0.3 is 9.47 Å². The quantitative estimate of drug-likeness (QED) is 0.787. The molecule has 110 valence electrons. The van der Waals surface area contributed by atoms with Crippen molar-refractivity contribution in [3.63, 3.8) is 0 Å². The van der Waals surface area contributed by atoms with E-state index in [9.17, 15) is 9.18 Å². The first-order chi connectivity index (χ1) is 10.0. The summed E-state index contributed by atoms with van der Waals surface area (Å²) in [6.07, 6.45) is 0. The summed E-state index contributed by atoms with van der Waals surface area (Å²) in [5.41, 5.74) is 2.17. The van der Waals surface area contributed by atoms with Crippen molar-refractivity contribution < 1.29 is 18.7 Å². The number of halogens is 1. The third-order valence-corrected chi connectivity index (χ3v) is 3.16. The Hall–Kier alpha value is -2.36. The van der Waals surface area contributed by atoms with Gasteiger partial charge in [-0.25, -0.2) is 4.39 Å². The molecule has 3 nitrogen and oxygen atoms in total. The molecule has 4 heteroatoms. The number of ketones is 1. The van der Waals surface area contributed by atoms with Crippen molar-refractivity contribution in [2.45, 2.75) is 13.8 Å². The van der Waals surface area contributed by atoms with Gasteiger partial charge in [0.1, 0.15) is 17.3 Å². The maximum absolute atomic E-state index is 13.3. The molecule has 0 radical (unpaired) electrons. The maximum atomic E-state index is 13.3. The minimum absolute atomic E-state index is 0.163. The predicted molar refractivity (Wildman–Crippen MR) is 78.7 cm³/mol. The molecule has 0 aromatic heterocycles. The van der Waals surface area contributed by atoms with Crippen LogP contribution < -0.4 is 9.47 Å². The van der Waals surface area contributed by atoms with Crippen LogP contribution in [0.15, 0.2) is 36.4 Å². The third-order valence-electron chi connectivity index (χ3n) is 3.16. The summed E-state index contributed by atoms with van der Waals surface area (Å²) in [6.45, 7) is 3.69. The second kappa shape index (κ2) is 6.39. The molecule has 0 amide bonds. The molecular formula is C17H17FO3. The van der Waals surface area contributed by atoms with E-state index in [0.717, 1.165) is 17.2 Å². The van der Waals surface area contributed by atoms with Crippen LogP contribution in [0.2, 0.25) is 0 Å². The average Bonchev–Trinajstić information content (AvgIpc) is 2.47. The van der Waals surface area contributed by atoms with E-state index in [0.29, 0.717) is 11.5 Å². The van der Waals surface area contributed by atoms with Gasteiger partial charge in [-0.05, 0) is 49.2 Å². The molecule has 2 aromatic carbocycles. The fraction of sp³-hybridized carbons (Fsp3) is 0.235. The molecule has 0 saturated heterocycles. The number of carbonyl (C=O) groups excluding carboxylic acids is 1. The summed E-state index contributed by atoms with van der Waals surface area (Å²) in [6, 6.07) is 9.61. The Morgan fingerprint density at radius 2 is 1.86 bits per heavy atom. The lowest BCUT2D eigenvalue weighted by atomic mass is 10.1. The fourth-order valence-electron chi connectivity index (χ4n) is 1.98. The van der Waals surface area contributed by atoms with Crippen LogP contribution in [0.1, 0.15) is 21.5 Å².